The van der Waals surface area contributed by atoms with Crippen LogP contribution in [0.2, 0.25) is 0 Å². The third-order valence-electron chi connectivity index (χ3n) is 17.6. The predicted molar refractivity (Wildman–Crippen MR) is 363 cm³/mol. The van der Waals surface area contributed by atoms with Gasteiger partial charge in [0.2, 0.25) is 29.5 Å². The molecule has 0 aromatic heterocycles. The van der Waals surface area contributed by atoms with Crippen LogP contribution in [-0.2, 0) is 67.0 Å². The molecule has 0 saturated carbocycles. The van der Waals surface area contributed by atoms with E-state index in [1.54, 1.807) is 100 Å². The van der Waals surface area contributed by atoms with Crippen molar-refractivity contribution >= 4 is 70.4 Å². The molecule has 0 aliphatic carbocycles. The fourth-order valence-electron chi connectivity index (χ4n) is 12.1. The highest BCUT2D eigenvalue weighted by molar-refractivity contribution is 5.99. The Morgan fingerprint density at radius 2 is 1.14 bits per heavy atom. The first-order valence-electron chi connectivity index (χ1n) is 34.2. The molecule has 1 aliphatic rings. The highest BCUT2D eigenvalue weighted by Crippen LogP contribution is 2.30. The molecule has 0 bridgehead atoms. The molecule has 0 radical (unpaired) electrons. The van der Waals surface area contributed by atoms with Crippen LogP contribution in [0.3, 0.4) is 0 Å². The third kappa shape index (κ3) is 28.8. The summed E-state index contributed by atoms with van der Waals surface area (Å²) < 4.78 is 16.4. The topological polar surface area (TPSA) is 290 Å². The Balaban J connectivity index is 4.19. The van der Waals surface area contributed by atoms with Gasteiger partial charge in [-0.25, -0.2) is 4.79 Å². The molecule has 3 N–H and O–H groups in total. The number of aliphatic hydroxyl groups excluding tert-OH is 1. The number of ketones is 6. The lowest BCUT2D eigenvalue weighted by atomic mass is 9.82. The fourth-order valence-corrected chi connectivity index (χ4v) is 12.1. The Labute approximate surface area is 562 Å². The largest absolute Gasteiger partial charge is 0.509 e. The minimum absolute atomic E-state index is 0.0215. The van der Waals surface area contributed by atoms with Gasteiger partial charge in [0.25, 0.3) is 0 Å². The lowest BCUT2D eigenvalue weighted by Gasteiger charge is -2.36. The molecule has 1 rings (SSSR count). The Bertz CT molecular complexity index is 2590. The second-order valence-corrected chi connectivity index (χ2v) is 29.3. The summed E-state index contributed by atoms with van der Waals surface area (Å²) in [6.45, 7) is 32.9. The van der Waals surface area contributed by atoms with Crippen LogP contribution < -0.4 is 10.6 Å². The van der Waals surface area contributed by atoms with Crippen molar-refractivity contribution in [1.29, 1.82) is 0 Å². The standard InChI is InChI=1S/C72H122N6O16/c1-24-26-29-47(13)66(86)53-40-60(82)64(46(11)12)78(23)69(89)51(34-42(3)4)38-59(81)55(35-43(5)6)75(20)41-62(84)49(15)73-67(87)48(14)37-58(80)56(36-44(7)8)76(21)70(90)52(45(9)10)39-61(83)65(50(16)92-32-27-28-33-93-71(91)94-72(17,18)19)77(22)63(85)31-30-57(79)54(25-2)74-68(53)88/h24,26-28,42-56,64-66,86H,25,29-41H2,1-23H3,(H,73,87)(H,74,88)/b26-24+,28-27+/t47-,48-,49-,50-,51-,52+,53+,54+,55+,56+,64+,65+,66-/m1/s1. The van der Waals surface area contributed by atoms with Gasteiger partial charge in [-0.1, -0.05) is 108 Å². The van der Waals surface area contributed by atoms with E-state index in [1.807, 2.05) is 54.5 Å². The van der Waals surface area contributed by atoms with Crippen LogP contribution in [0.15, 0.2) is 24.3 Å². The van der Waals surface area contributed by atoms with Gasteiger partial charge in [0.05, 0.1) is 61.5 Å². The zero-order valence-corrected chi connectivity index (χ0v) is 61.5. The zero-order chi connectivity index (χ0) is 72.4. The smallest absolute Gasteiger partial charge is 0.430 e. The first-order chi connectivity index (χ1) is 43.5. The van der Waals surface area contributed by atoms with Gasteiger partial charge in [0.15, 0.2) is 34.7 Å². The average molecular weight is 1330 g/mol. The van der Waals surface area contributed by atoms with Crippen LogP contribution in [0, 0.1) is 59.2 Å². The summed E-state index contributed by atoms with van der Waals surface area (Å²) in [5.41, 5.74) is -0.779. The van der Waals surface area contributed by atoms with E-state index in [4.69, 9.17) is 14.2 Å². The summed E-state index contributed by atoms with van der Waals surface area (Å²) in [6.07, 6.45) is 2.32. The summed E-state index contributed by atoms with van der Waals surface area (Å²) in [5.74, 6) is -11.8. The number of rotatable bonds is 19. The quantitative estimate of drug-likeness (QED) is 0.0804. The van der Waals surface area contributed by atoms with Crippen molar-refractivity contribution in [2.45, 2.75) is 256 Å². The molecule has 94 heavy (non-hydrogen) atoms. The van der Waals surface area contributed by atoms with Crippen molar-refractivity contribution in [3.8, 4) is 0 Å². The van der Waals surface area contributed by atoms with Crippen LogP contribution in [-0.4, -0.2) is 197 Å². The first kappa shape index (κ1) is 86.0. The van der Waals surface area contributed by atoms with E-state index in [0.717, 1.165) is 0 Å². The van der Waals surface area contributed by atoms with Crippen LogP contribution in [0.1, 0.15) is 202 Å². The number of ether oxygens (including phenoxy) is 3. The van der Waals surface area contributed by atoms with Gasteiger partial charge in [-0.05, 0) is 122 Å². The number of hydrogen-bond donors (Lipinski definition) is 3. The lowest BCUT2D eigenvalue weighted by molar-refractivity contribution is -0.148. The highest BCUT2D eigenvalue weighted by Gasteiger charge is 2.43. The van der Waals surface area contributed by atoms with Gasteiger partial charge in [-0.15, -0.1) is 0 Å². The van der Waals surface area contributed by atoms with Gasteiger partial charge in [0.1, 0.15) is 18.2 Å². The average Bonchev–Trinajstić information content (AvgIpc) is 0.833. The Morgan fingerprint density at radius 3 is 1.67 bits per heavy atom. The predicted octanol–water partition coefficient (Wildman–Crippen LogP) is 8.75. The summed E-state index contributed by atoms with van der Waals surface area (Å²) in [4.78, 5) is 178. The molecule has 22 heteroatoms. The minimum Gasteiger partial charge on any atom is -0.430 e. The van der Waals surface area contributed by atoms with Crippen molar-refractivity contribution < 1.29 is 76.9 Å². The minimum atomic E-state index is -1.40. The molecule has 1 saturated heterocycles. The molecule has 5 amide bonds. The second kappa shape index (κ2) is 41.2. The molecular formula is C72H122N6O16. The number of aliphatic hydroxyl groups is 1. The first-order valence-corrected chi connectivity index (χ1v) is 34.2. The molecule has 0 unspecified atom stereocenters. The van der Waals surface area contributed by atoms with Gasteiger partial charge < -0.3 is 44.7 Å². The van der Waals surface area contributed by atoms with Gasteiger partial charge >= 0.3 is 6.16 Å². The lowest BCUT2D eigenvalue weighted by Crippen LogP contribution is -2.53. The van der Waals surface area contributed by atoms with E-state index in [1.165, 1.54) is 48.8 Å². The molecule has 1 fully saturated rings. The van der Waals surface area contributed by atoms with E-state index in [-0.39, 0.29) is 75.4 Å². The summed E-state index contributed by atoms with van der Waals surface area (Å²) in [7, 11) is 6.01. The molecule has 0 aromatic carbocycles. The van der Waals surface area contributed by atoms with Crippen LogP contribution in [0.5, 0.6) is 0 Å². The summed E-state index contributed by atoms with van der Waals surface area (Å²) in [6, 6.07) is -6.53. The molecule has 1 heterocycles. The molecule has 0 aromatic rings. The van der Waals surface area contributed by atoms with E-state index in [9.17, 15) is 62.6 Å². The second-order valence-electron chi connectivity index (χ2n) is 29.3. The van der Waals surface area contributed by atoms with Crippen LogP contribution >= 0.6 is 0 Å². The number of likely N-dealkylation sites (N-methyl/N-ethyl adjacent to an activating group) is 4. The Morgan fingerprint density at radius 1 is 0.596 bits per heavy atom. The number of carbonyl (C=O) groups excluding carboxylic acids is 12. The number of nitrogens with zero attached hydrogens (tertiary/aromatic N) is 4. The number of Topliss-reactive ketones (excluding diaryl/α,β-unsaturated/α-hetero) is 6. The normalized spacial score (nSPS) is 26.3. The SMILES string of the molecule is C/C=C/C[C@@H](C)[C@@H](O)[C@@H]1CC(=O)[C@H](C(C)C)N(C)C(=O)[C@H](CC(C)C)CC(=O)[C@H](CC(C)C)N(C)CC(=O)[C@@H](C)NC(=O)[C@H](C)CC(=O)[C@H](CC(C)C)N(C)C(=O)[C@H](C(C)C)CC(=O)[C@H]([C@@H](C)OC/C=C/COC(=O)OC(C)(C)C)N(C)C(=O)CCC(=O)[C@H](CC)NC1=O. The van der Waals surface area contributed by atoms with Crippen molar-refractivity contribution in [3.63, 3.8) is 0 Å². The number of hydrogen-bond acceptors (Lipinski definition) is 17. The maximum absolute atomic E-state index is 15.0. The third-order valence-corrected chi connectivity index (χ3v) is 17.6. The van der Waals surface area contributed by atoms with E-state index >= 15 is 0 Å². The number of nitrogens with one attached hydrogen (secondary N) is 2. The van der Waals surface area contributed by atoms with E-state index in [2.05, 4.69) is 10.6 Å². The molecule has 13 atom stereocenters. The molecule has 0 spiro atoms. The molecule has 1 aliphatic heterocycles. The number of amides is 5. The highest BCUT2D eigenvalue weighted by atomic mass is 16.7. The molecule has 536 valence electrons. The van der Waals surface area contributed by atoms with Gasteiger partial charge in [-0.3, -0.25) is 57.6 Å². The van der Waals surface area contributed by atoms with Gasteiger partial charge in [0, 0.05) is 77.4 Å². The Kier molecular flexibility index (Phi) is 37.7. The summed E-state index contributed by atoms with van der Waals surface area (Å²) >= 11 is 0. The summed E-state index contributed by atoms with van der Waals surface area (Å²) in [5, 5.41) is 17.5. The van der Waals surface area contributed by atoms with Crippen LogP contribution in [0.4, 0.5) is 4.79 Å². The number of allylic oxidation sites excluding steroid dienone is 2. The van der Waals surface area contributed by atoms with E-state index in [0.29, 0.717) is 12.8 Å². The monoisotopic (exact) mass is 1330 g/mol. The Hall–Kier alpha value is -6.00. The van der Waals surface area contributed by atoms with Crippen LogP contribution in [0.25, 0.3) is 0 Å². The fraction of sp³-hybridized carbons (Fsp3) is 0.778. The number of carbonyl (C=O) groups is 12. The van der Waals surface area contributed by atoms with Crippen molar-refractivity contribution in [2.75, 3.05) is 47.9 Å². The van der Waals surface area contributed by atoms with Gasteiger partial charge in [-0.2, -0.15) is 0 Å². The van der Waals surface area contributed by atoms with Crippen molar-refractivity contribution in [3.05, 3.63) is 24.3 Å². The van der Waals surface area contributed by atoms with E-state index < -0.39 is 186 Å². The molecule has 22 nitrogen and oxygen atoms in total. The van der Waals surface area contributed by atoms with Crippen molar-refractivity contribution in [2.24, 2.45) is 59.2 Å². The maximum atomic E-state index is 15.0. The zero-order valence-electron chi connectivity index (χ0n) is 61.5. The maximum Gasteiger partial charge on any atom is 0.509 e. The van der Waals surface area contributed by atoms with Crippen molar-refractivity contribution in [1.82, 2.24) is 30.2 Å². The molecular weight excluding hydrogens is 1200 g/mol.